The molecule has 0 fully saturated rings. The summed E-state index contributed by atoms with van der Waals surface area (Å²) in [5.74, 6) is 0.248. The van der Waals surface area contributed by atoms with Gasteiger partial charge >= 0.3 is 6.09 Å². The normalized spacial score (nSPS) is 13.5. The van der Waals surface area contributed by atoms with Gasteiger partial charge in [-0.15, -0.1) is 0 Å². The molecule has 2 atom stereocenters. The molecule has 0 radical (unpaired) electrons. The summed E-state index contributed by atoms with van der Waals surface area (Å²) in [6, 6.07) is 6.51. The van der Waals surface area contributed by atoms with Gasteiger partial charge in [-0.2, -0.15) is 0 Å². The maximum absolute atomic E-state index is 12.7. The molecule has 0 bridgehead atoms. The fourth-order valence-corrected chi connectivity index (χ4v) is 2.20. The number of para-hydroxylation sites is 2. The van der Waals surface area contributed by atoms with Crippen LogP contribution in [0.1, 0.15) is 48.0 Å². The van der Waals surface area contributed by atoms with Gasteiger partial charge in [-0.3, -0.25) is 4.79 Å². The van der Waals surface area contributed by atoms with E-state index in [1.165, 1.54) is 0 Å². The number of hydrogen-bond donors (Lipinski definition) is 2. The van der Waals surface area contributed by atoms with Crippen LogP contribution in [-0.2, 0) is 9.53 Å². The molecule has 2 unspecified atom stereocenters. The van der Waals surface area contributed by atoms with Gasteiger partial charge in [-0.1, -0.05) is 32.4 Å². The van der Waals surface area contributed by atoms with Gasteiger partial charge in [-0.05, 0) is 45.7 Å². The van der Waals surface area contributed by atoms with Crippen LogP contribution in [0.2, 0.25) is 0 Å². The number of carbonyl (C=O) groups excluding carboxylic acids is 2. The molecule has 140 valence electrons. The van der Waals surface area contributed by atoms with Crippen molar-refractivity contribution in [2.45, 2.75) is 59.6 Å². The van der Waals surface area contributed by atoms with Gasteiger partial charge in [0.25, 0.3) is 0 Å². The second-order valence-corrected chi connectivity index (χ2v) is 6.93. The maximum Gasteiger partial charge on any atom is 0.408 e. The minimum Gasteiger partial charge on any atom is -0.492 e. The second-order valence-electron chi connectivity index (χ2n) is 6.93. The zero-order chi connectivity index (χ0) is 19.0. The van der Waals surface area contributed by atoms with Crippen LogP contribution in [0.15, 0.2) is 24.3 Å². The molecule has 0 aromatic heterocycles. The van der Waals surface area contributed by atoms with E-state index in [0.717, 1.165) is 6.42 Å². The van der Waals surface area contributed by atoms with Gasteiger partial charge in [-0.25, -0.2) is 4.79 Å². The lowest BCUT2D eigenvalue weighted by atomic mass is 9.98. The van der Waals surface area contributed by atoms with E-state index in [1.54, 1.807) is 32.9 Å². The number of rotatable bonds is 7. The summed E-state index contributed by atoms with van der Waals surface area (Å²) >= 11 is 0. The number of alkyl carbamates (subject to hydrolysis) is 1. The summed E-state index contributed by atoms with van der Waals surface area (Å²) < 4.78 is 10.8. The number of benzene rings is 1. The number of anilines is 1. The summed E-state index contributed by atoms with van der Waals surface area (Å²) in [5.41, 5.74) is -0.0454. The molecule has 1 rings (SSSR count). The Kier molecular flexibility index (Phi) is 7.74. The van der Waals surface area contributed by atoms with Gasteiger partial charge in [0.1, 0.15) is 17.4 Å². The van der Waals surface area contributed by atoms with Crippen LogP contribution in [0.3, 0.4) is 0 Å². The average Bonchev–Trinajstić information content (AvgIpc) is 2.52. The maximum atomic E-state index is 12.7. The number of nitrogens with one attached hydrogen (secondary N) is 2. The standard InChI is InChI=1S/C19H30N2O4/c1-7-13(3)16(21-18(23)25-19(4,5)6)17(22)20-14-11-9-10-12-15(14)24-8-2/h9-13,16H,7-8H2,1-6H3,(H,20,22)(H,21,23). The van der Waals surface area contributed by atoms with Crippen LogP contribution in [-0.4, -0.2) is 30.3 Å². The Labute approximate surface area is 150 Å². The fourth-order valence-electron chi connectivity index (χ4n) is 2.20. The molecular formula is C19H30N2O4. The lowest BCUT2D eigenvalue weighted by Crippen LogP contribution is -2.49. The number of ether oxygens (including phenoxy) is 2. The van der Waals surface area contributed by atoms with E-state index in [9.17, 15) is 9.59 Å². The molecule has 0 aliphatic rings. The Morgan fingerprint density at radius 2 is 1.80 bits per heavy atom. The van der Waals surface area contributed by atoms with Crippen LogP contribution in [0.25, 0.3) is 0 Å². The molecule has 0 aliphatic heterocycles. The highest BCUT2D eigenvalue weighted by Crippen LogP contribution is 2.24. The summed E-state index contributed by atoms with van der Waals surface area (Å²) in [7, 11) is 0. The van der Waals surface area contributed by atoms with Crippen molar-refractivity contribution < 1.29 is 19.1 Å². The van der Waals surface area contributed by atoms with Gasteiger partial charge in [0.05, 0.1) is 12.3 Å². The molecule has 2 amide bonds. The summed E-state index contributed by atoms with van der Waals surface area (Å²) in [4.78, 5) is 24.8. The topological polar surface area (TPSA) is 76.7 Å². The third kappa shape index (κ3) is 7.03. The minimum atomic E-state index is -0.700. The summed E-state index contributed by atoms with van der Waals surface area (Å²) in [6.45, 7) is 11.6. The molecule has 25 heavy (non-hydrogen) atoms. The van der Waals surface area contributed by atoms with Crippen LogP contribution in [0.5, 0.6) is 5.75 Å². The molecule has 0 saturated carbocycles. The van der Waals surface area contributed by atoms with Crippen LogP contribution in [0, 0.1) is 5.92 Å². The van der Waals surface area contributed by atoms with Gasteiger partial charge in [0, 0.05) is 0 Å². The van der Waals surface area contributed by atoms with Crippen LogP contribution < -0.4 is 15.4 Å². The monoisotopic (exact) mass is 350 g/mol. The van der Waals surface area contributed by atoms with E-state index >= 15 is 0 Å². The lowest BCUT2D eigenvalue weighted by Gasteiger charge is -2.26. The number of amides is 2. The smallest absolute Gasteiger partial charge is 0.408 e. The third-order valence-electron chi connectivity index (χ3n) is 3.61. The third-order valence-corrected chi connectivity index (χ3v) is 3.61. The van der Waals surface area contributed by atoms with Crippen molar-refractivity contribution >= 4 is 17.7 Å². The van der Waals surface area contributed by atoms with Crippen LogP contribution in [0.4, 0.5) is 10.5 Å². The highest BCUT2D eigenvalue weighted by molar-refractivity contribution is 5.97. The Balaban J connectivity index is 2.89. The first-order chi connectivity index (χ1) is 11.7. The zero-order valence-corrected chi connectivity index (χ0v) is 16.0. The fraction of sp³-hybridized carbons (Fsp3) is 0.579. The highest BCUT2D eigenvalue weighted by Gasteiger charge is 2.28. The largest absolute Gasteiger partial charge is 0.492 e. The highest BCUT2D eigenvalue weighted by atomic mass is 16.6. The Morgan fingerprint density at radius 1 is 1.16 bits per heavy atom. The van der Waals surface area contributed by atoms with E-state index in [2.05, 4.69) is 10.6 Å². The van der Waals surface area contributed by atoms with Crippen molar-refractivity contribution in [3.8, 4) is 5.75 Å². The van der Waals surface area contributed by atoms with E-state index in [4.69, 9.17) is 9.47 Å². The van der Waals surface area contributed by atoms with Crippen molar-refractivity contribution in [2.24, 2.45) is 5.92 Å². The van der Waals surface area contributed by atoms with Crippen molar-refractivity contribution in [2.75, 3.05) is 11.9 Å². The average molecular weight is 350 g/mol. The van der Waals surface area contributed by atoms with Crippen molar-refractivity contribution in [1.29, 1.82) is 0 Å². The first-order valence-corrected chi connectivity index (χ1v) is 8.70. The molecule has 0 heterocycles. The predicted molar refractivity (Wildman–Crippen MR) is 98.9 cm³/mol. The van der Waals surface area contributed by atoms with Crippen molar-refractivity contribution in [3.63, 3.8) is 0 Å². The second kappa shape index (κ2) is 9.30. The molecule has 0 saturated heterocycles. The molecule has 1 aromatic rings. The summed E-state index contributed by atoms with van der Waals surface area (Å²) in [6.07, 6.45) is 0.132. The molecule has 6 nitrogen and oxygen atoms in total. The van der Waals surface area contributed by atoms with Crippen molar-refractivity contribution in [3.05, 3.63) is 24.3 Å². The first kappa shape index (κ1) is 20.8. The molecule has 0 spiro atoms. The van der Waals surface area contributed by atoms with E-state index in [0.29, 0.717) is 18.0 Å². The van der Waals surface area contributed by atoms with E-state index in [1.807, 2.05) is 32.9 Å². The summed E-state index contributed by atoms with van der Waals surface area (Å²) in [5, 5.41) is 5.53. The minimum absolute atomic E-state index is 0.0493. The zero-order valence-electron chi connectivity index (χ0n) is 16.0. The Hall–Kier alpha value is -2.24. The van der Waals surface area contributed by atoms with Crippen molar-refractivity contribution in [1.82, 2.24) is 5.32 Å². The van der Waals surface area contributed by atoms with E-state index < -0.39 is 17.7 Å². The quantitative estimate of drug-likeness (QED) is 0.780. The van der Waals surface area contributed by atoms with Gasteiger partial charge < -0.3 is 20.1 Å². The van der Waals surface area contributed by atoms with Gasteiger partial charge in [0.15, 0.2) is 0 Å². The molecular weight excluding hydrogens is 320 g/mol. The Morgan fingerprint density at radius 3 is 2.36 bits per heavy atom. The number of carbonyl (C=O) groups is 2. The molecule has 2 N–H and O–H groups in total. The van der Waals surface area contributed by atoms with Crippen LogP contribution >= 0.6 is 0 Å². The Bertz CT molecular complexity index is 581. The van der Waals surface area contributed by atoms with Gasteiger partial charge in [0.2, 0.25) is 5.91 Å². The predicted octanol–water partition coefficient (Wildman–Crippen LogP) is 3.96. The first-order valence-electron chi connectivity index (χ1n) is 8.70. The lowest BCUT2D eigenvalue weighted by molar-refractivity contribution is -0.119. The molecule has 6 heteroatoms. The number of hydrogen-bond acceptors (Lipinski definition) is 4. The SMILES string of the molecule is CCOc1ccccc1NC(=O)C(NC(=O)OC(C)(C)C)C(C)CC. The molecule has 1 aromatic carbocycles. The van der Waals surface area contributed by atoms with E-state index in [-0.39, 0.29) is 11.8 Å². The molecule has 0 aliphatic carbocycles.